The summed E-state index contributed by atoms with van der Waals surface area (Å²) in [6.45, 7) is 6.29. The molecule has 1 atom stereocenters. The quantitative estimate of drug-likeness (QED) is 0.135. The minimum atomic E-state index is -0.568. The summed E-state index contributed by atoms with van der Waals surface area (Å²) in [5.74, 6) is 2.16. The lowest BCUT2D eigenvalue weighted by Gasteiger charge is -2.38. The van der Waals surface area contributed by atoms with Crippen LogP contribution < -0.4 is 0 Å². The minimum Gasteiger partial charge on any atom is -0.327 e. The van der Waals surface area contributed by atoms with Crippen molar-refractivity contribution in [2.75, 3.05) is 0 Å². The van der Waals surface area contributed by atoms with Gasteiger partial charge in [0.15, 0.2) is 0 Å². The van der Waals surface area contributed by atoms with Crippen LogP contribution in [0.2, 0.25) is 5.54 Å². The van der Waals surface area contributed by atoms with Crippen molar-refractivity contribution in [2.24, 2.45) is 0 Å². The van der Waals surface area contributed by atoms with Crippen molar-refractivity contribution in [3.63, 3.8) is 0 Å². The zero-order valence-corrected chi connectivity index (χ0v) is 25.1. The Labute approximate surface area is 243 Å². The Morgan fingerprint density at radius 1 is 0.825 bits per heavy atom. The van der Waals surface area contributed by atoms with Gasteiger partial charge in [-0.3, -0.25) is 0 Å². The highest BCUT2D eigenvalue weighted by Crippen LogP contribution is 2.36. The molecular weight excluding hydrogens is 499 g/mol. The molecule has 0 aliphatic rings. The first-order valence-electron chi connectivity index (χ1n) is 14.2. The molecule has 0 radical (unpaired) electrons. The van der Waals surface area contributed by atoms with Crippen molar-refractivity contribution in [3.05, 3.63) is 181 Å². The van der Waals surface area contributed by atoms with E-state index in [4.69, 9.17) is 0 Å². The number of hydrogen-bond donors (Lipinski definition) is 0. The van der Waals surface area contributed by atoms with Crippen LogP contribution >= 0.6 is 0 Å². The zero-order valence-electron chi connectivity index (χ0n) is 23.7. The Bertz CT molecular complexity index is 1350. The molecule has 2 nitrogen and oxygen atoms in total. The van der Waals surface area contributed by atoms with E-state index in [1.807, 2.05) is 30.7 Å². The average molecular weight is 539 g/mol. The summed E-state index contributed by atoms with van der Waals surface area (Å²) in [7, 11) is 1.51. The van der Waals surface area contributed by atoms with Crippen molar-refractivity contribution >= 4 is 22.9 Å². The summed E-state index contributed by atoms with van der Waals surface area (Å²) in [6, 6.07) is 42.8. The van der Waals surface area contributed by atoms with Crippen LogP contribution in [0.15, 0.2) is 159 Å². The van der Waals surface area contributed by atoms with Gasteiger partial charge >= 0.3 is 0 Å². The first kappa shape index (κ1) is 28.8. The molecular formula is C36H39BN2Si. The summed E-state index contributed by atoms with van der Waals surface area (Å²) >= 11 is 0. The number of hydrogen-bond acceptors (Lipinski definition) is 1. The van der Waals surface area contributed by atoms with E-state index in [1.165, 1.54) is 34.2 Å². The molecule has 200 valence electrons. The second-order valence-electron chi connectivity index (χ2n) is 10.2. The van der Waals surface area contributed by atoms with E-state index >= 15 is 0 Å². The molecule has 0 saturated carbocycles. The molecule has 40 heavy (non-hydrogen) atoms. The van der Waals surface area contributed by atoms with E-state index < -0.39 is 9.52 Å². The maximum absolute atomic E-state index is 4.38. The smallest absolute Gasteiger partial charge is 0.130 e. The molecule has 0 spiro atoms. The maximum Gasteiger partial charge on any atom is 0.130 e. The van der Waals surface area contributed by atoms with Gasteiger partial charge in [-0.25, -0.2) is 4.98 Å². The summed E-state index contributed by atoms with van der Waals surface area (Å²) in [6.07, 6.45) is 10.3. The lowest BCUT2D eigenvalue weighted by atomic mass is 9.92. The molecule has 0 N–H and O–H groups in total. The first-order valence-corrected chi connectivity index (χ1v) is 15.7. The Hall–Kier alpha value is -4.15. The Balaban J connectivity index is 0.000000210. The molecule has 4 aromatic carbocycles. The van der Waals surface area contributed by atoms with Gasteiger partial charge in [-0.2, -0.15) is 0 Å². The van der Waals surface area contributed by atoms with Gasteiger partial charge in [-0.05, 0) is 34.2 Å². The van der Waals surface area contributed by atoms with Crippen molar-refractivity contribution in [1.29, 1.82) is 0 Å². The summed E-state index contributed by atoms with van der Waals surface area (Å²) in [5, 5.41) is -0.112. The van der Waals surface area contributed by atoms with Crippen LogP contribution in [0.3, 0.4) is 0 Å². The summed E-state index contributed by atoms with van der Waals surface area (Å²) in [4.78, 5) is 4.38. The van der Waals surface area contributed by atoms with Crippen molar-refractivity contribution in [3.8, 4) is 0 Å². The van der Waals surface area contributed by atoms with Gasteiger partial charge in [0.1, 0.15) is 7.85 Å². The number of nitrogens with zero attached hydrogens (tertiary/aromatic N) is 2. The third kappa shape index (κ3) is 7.08. The molecule has 5 aromatic rings. The fourth-order valence-corrected chi connectivity index (χ4v) is 8.25. The molecule has 0 fully saturated rings. The lowest BCUT2D eigenvalue weighted by molar-refractivity contribution is 0.578. The molecule has 0 aliphatic carbocycles. The van der Waals surface area contributed by atoms with Crippen LogP contribution in [-0.2, 0) is 5.16 Å². The standard InChI is InChI=1S/C22H26N2Si.C14H13B/c1-3-4-11-19(2)25-22(24-17-16-23-18-24,20-12-7-5-8-13-20)21-14-9-6-10-15-21;15-11-14(12-7-3-1-4-8-12)13-9-5-2-6-10-13/h3,5-10,12-19H,1,4,11,25H2,2H3;1-11H,15H2. The first-order chi connectivity index (χ1) is 19.7. The molecule has 0 saturated heterocycles. The van der Waals surface area contributed by atoms with E-state index in [1.54, 1.807) is 0 Å². The topological polar surface area (TPSA) is 17.8 Å². The van der Waals surface area contributed by atoms with Crippen LogP contribution in [0.25, 0.3) is 5.57 Å². The molecule has 0 aliphatic heterocycles. The van der Waals surface area contributed by atoms with Gasteiger partial charge in [0.25, 0.3) is 0 Å². The van der Waals surface area contributed by atoms with E-state index in [0.29, 0.717) is 5.54 Å². The molecule has 4 heteroatoms. The van der Waals surface area contributed by atoms with Gasteiger partial charge in [-0.1, -0.05) is 146 Å². The number of allylic oxidation sites excluding steroid dienone is 1. The van der Waals surface area contributed by atoms with Crippen LogP contribution in [0.5, 0.6) is 0 Å². The largest absolute Gasteiger partial charge is 0.327 e. The normalized spacial score (nSPS) is 11.8. The van der Waals surface area contributed by atoms with Gasteiger partial charge in [0, 0.05) is 12.4 Å². The number of benzene rings is 4. The van der Waals surface area contributed by atoms with E-state index in [2.05, 4.69) is 152 Å². The van der Waals surface area contributed by atoms with Crippen LogP contribution in [0.4, 0.5) is 0 Å². The summed E-state index contributed by atoms with van der Waals surface area (Å²) in [5.41, 5.74) is 7.24. The molecule has 0 bridgehead atoms. The third-order valence-corrected chi connectivity index (χ3v) is 10.3. The maximum atomic E-state index is 4.38. The SMILES string of the molecule is BC=C(c1ccccc1)c1ccccc1.C=CCCC(C)[SiH2]C(c1ccccc1)(c1ccccc1)n1ccnc1. The predicted molar refractivity (Wildman–Crippen MR) is 177 cm³/mol. The molecule has 5 rings (SSSR count). The summed E-state index contributed by atoms with van der Waals surface area (Å²) < 4.78 is 2.33. The van der Waals surface area contributed by atoms with Crippen LogP contribution in [0, 0.1) is 0 Å². The fraction of sp³-hybridized carbons (Fsp3) is 0.139. The van der Waals surface area contributed by atoms with Crippen LogP contribution in [0.1, 0.15) is 42.0 Å². The Morgan fingerprint density at radius 2 is 1.30 bits per heavy atom. The van der Waals surface area contributed by atoms with Crippen molar-refractivity contribution in [2.45, 2.75) is 30.5 Å². The Kier molecular flexibility index (Phi) is 10.7. The second-order valence-corrected chi connectivity index (χ2v) is 13.0. The molecule has 0 amide bonds. The van der Waals surface area contributed by atoms with E-state index in [0.717, 1.165) is 6.42 Å². The number of aromatic nitrogens is 2. The average Bonchev–Trinajstić information content (AvgIpc) is 3.57. The fourth-order valence-electron chi connectivity index (χ4n) is 5.46. The van der Waals surface area contributed by atoms with Gasteiger partial charge in [-0.15, -0.1) is 12.6 Å². The Morgan fingerprint density at radius 3 is 1.70 bits per heavy atom. The van der Waals surface area contributed by atoms with E-state index in [9.17, 15) is 0 Å². The highest BCUT2D eigenvalue weighted by molar-refractivity contribution is 6.43. The van der Waals surface area contributed by atoms with Gasteiger partial charge < -0.3 is 4.57 Å². The van der Waals surface area contributed by atoms with Gasteiger partial charge in [0.2, 0.25) is 0 Å². The van der Waals surface area contributed by atoms with Crippen LogP contribution in [-0.4, -0.2) is 26.9 Å². The molecule has 1 aromatic heterocycles. The highest BCUT2D eigenvalue weighted by Gasteiger charge is 2.37. The minimum absolute atomic E-state index is 0.112. The van der Waals surface area contributed by atoms with E-state index in [-0.39, 0.29) is 5.16 Å². The number of imidazole rings is 1. The third-order valence-electron chi connectivity index (χ3n) is 7.41. The number of rotatable bonds is 10. The monoisotopic (exact) mass is 538 g/mol. The van der Waals surface area contributed by atoms with Crippen molar-refractivity contribution in [1.82, 2.24) is 9.55 Å². The van der Waals surface area contributed by atoms with Gasteiger partial charge in [0.05, 0.1) is 21.0 Å². The second kappa shape index (κ2) is 14.9. The molecule has 1 heterocycles. The molecule has 1 unspecified atom stereocenters. The predicted octanol–water partition coefficient (Wildman–Crippen LogP) is 7.28. The highest BCUT2D eigenvalue weighted by atomic mass is 28.2. The zero-order chi connectivity index (χ0) is 28.0. The lowest BCUT2D eigenvalue weighted by Crippen LogP contribution is -2.43. The van der Waals surface area contributed by atoms with Crippen molar-refractivity contribution < 1.29 is 0 Å².